The van der Waals surface area contributed by atoms with Crippen LogP contribution in [0.3, 0.4) is 0 Å². The molecule has 1 amide bonds. The molecule has 0 fully saturated rings. The number of nitrogens with zero attached hydrogens (tertiary/aromatic N) is 4. The highest BCUT2D eigenvalue weighted by Crippen LogP contribution is 2.40. The van der Waals surface area contributed by atoms with Crippen LogP contribution < -0.4 is 4.90 Å². The van der Waals surface area contributed by atoms with Gasteiger partial charge in [-0.2, -0.15) is 18.3 Å². The normalized spacial score (nSPS) is 21.6. The Morgan fingerprint density at radius 2 is 2.10 bits per heavy atom. The molecule has 11 heteroatoms. The lowest BCUT2D eigenvalue weighted by Gasteiger charge is -2.34. The molecule has 1 aromatic heterocycles. The smallest absolute Gasteiger partial charge is 0.382 e. The van der Waals surface area contributed by atoms with Gasteiger partial charge in [0.25, 0.3) is 5.91 Å². The maximum absolute atomic E-state index is 14.1. The van der Waals surface area contributed by atoms with Crippen LogP contribution in [0, 0.1) is 12.7 Å². The zero-order valence-corrected chi connectivity index (χ0v) is 15.8. The number of alkyl halides is 3. The monoisotopic (exact) mass is 430 g/mol. The summed E-state index contributed by atoms with van der Waals surface area (Å²) in [6.07, 6.45) is -5.95. The molecular weight excluding hydrogens is 416 g/mol. The Morgan fingerprint density at radius 3 is 2.79 bits per heavy atom. The van der Waals surface area contributed by atoms with Gasteiger partial charge in [-0.1, -0.05) is 22.8 Å². The van der Waals surface area contributed by atoms with E-state index in [4.69, 9.17) is 16.4 Å². The Morgan fingerprint density at radius 1 is 1.34 bits per heavy atom. The number of aromatic nitrogens is 2. The number of rotatable bonds is 2. The van der Waals surface area contributed by atoms with Gasteiger partial charge < -0.3 is 4.84 Å². The van der Waals surface area contributed by atoms with Crippen molar-refractivity contribution in [2.75, 3.05) is 11.4 Å². The predicted molar refractivity (Wildman–Crippen MR) is 96.5 cm³/mol. The van der Waals surface area contributed by atoms with Gasteiger partial charge in [0.15, 0.2) is 6.04 Å². The lowest BCUT2D eigenvalue weighted by Crippen LogP contribution is -2.47. The molecule has 0 radical (unpaired) electrons. The maximum atomic E-state index is 14.1. The zero-order valence-electron chi connectivity index (χ0n) is 15.1. The van der Waals surface area contributed by atoms with Crippen LogP contribution >= 0.6 is 11.6 Å². The summed E-state index contributed by atoms with van der Waals surface area (Å²) < 4.78 is 54.9. The van der Waals surface area contributed by atoms with E-state index in [2.05, 4.69) is 10.3 Å². The number of carbonyl (C=O) groups is 1. The van der Waals surface area contributed by atoms with Crippen molar-refractivity contribution in [3.63, 3.8) is 0 Å². The molecule has 0 aliphatic carbocycles. The molecule has 0 spiro atoms. The van der Waals surface area contributed by atoms with Gasteiger partial charge in [-0.05, 0) is 25.5 Å². The van der Waals surface area contributed by atoms with E-state index in [0.717, 1.165) is 4.68 Å². The molecule has 2 aliphatic rings. The van der Waals surface area contributed by atoms with Gasteiger partial charge in [0.2, 0.25) is 6.10 Å². The number of hydrogen-bond acceptors (Lipinski definition) is 4. The average Bonchev–Trinajstić information content (AvgIpc) is 3.25. The van der Waals surface area contributed by atoms with Gasteiger partial charge in [0.1, 0.15) is 11.6 Å². The molecule has 1 aromatic carbocycles. The van der Waals surface area contributed by atoms with E-state index >= 15 is 0 Å². The van der Waals surface area contributed by atoms with Gasteiger partial charge in [0.05, 0.1) is 22.0 Å². The second-order valence-electron chi connectivity index (χ2n) is 6.86. The standard InChI is InChI=1S/C18H15ClF4N4O2/c1-9-7-15-26(6-5-14(18(21,22)23)27(15)24-9)17(28)13-8-12(25-29-13)16-10(19)3-2-4-11(16)20/h2-4,7,13-14H,5-6,8H2,1H3. The highest BCUT2D eigenvalue weighted by atomic mass is 35.5. The second-order valence-corrected chi connectivity index (χ2v) is 7.26. The molecule has 3 heterocycles. The Bertz CT molecular complexity index is 984. The summed E-state index contributed by atoms with van der Waals surface area (Å²) in [7, 11) is 0. The summed E-state index contributed by atoms with van der Waals surface area (Å²) in [6.45, 7) is 1.40. The molecule has 2 unspecified atom stereocenters. The van der Waals surface area contributed by atoms with Gasteiger partial charge in [-0.15, -0.1) is 0 Å². The zero-order chi connectivity index (χ0) is 20.9. The Labute approximate surface area is 167 Å². The summed E-state index contributed by atoms with van der Waals surface area (Å²) in [5.41, 5.74) is 0.568. The SMILES string of the molecule is Cc1cc2n(n1)C(C(F)(F)F)CCN2C(=O)C1CC(c2c(F)cccc2Cl)=NO1. The molecule has 4 rings (SSSR count). The Hall–Kier alpha value is -2.62. The lowest BCUT2D eigenvalue weighted by molar-refractivity contribution is -0.173. The first-order chi connectivity index (χ1) is 13.7. The number of fused-ring (bicyclic) bond motifs is 1. The molecule has 0 saturated carbocycles. The molecule has 0 bridgehead atoms. The van der Waals surface area contributed by atoms with Crippen LogP contribution in [0.2, 0.25) is 5.02 Å². The van der Waals surface area contributed by atoms with Crippen molar-refractivity contribution in [1.29, 1.82) is 0 Å². The van der Waals surface area contributed by atoms with Crippen molar-refractivity contribution in [3.05, 3.63) is 46.4 Å². The van der Waals surface area contributed by atoms with Crippen LogP contribution in [-0.4, -0.2) is 40.2 Å². The lowest BCUT2D eigenvalue weighted by atomic mass is 10.0. The molecule has 154 valence electrons. The highest BCUT2D eigenvalue weighted by molar-refractivity contribution is 6.34. The predicted octanol–water partition coefficient (Wildman–Crippen LogP) is 4.02. The third-order valence-corrected chi connectivity index (χ3v) is 5.19. The molecule has 0 saturated heterocycles. The van der Waals surface area contributed by atoms with Crippen LogP contribution in [0.5, 0.6) is 0 Å². The van der Waals surface area contributed by atoms with Crippen molar-refractivity contribution in [1.82, 2.24) is 9.78 Å². The number of oxime groups is 1. The average molecular weight is 431 g/mol. The van der Waals surface area contributed by atoms with Crippen molar-refractivity contribution < 1.29 is 27.2 Å². The second kappa shape index (κ2) is 7.01. The number of amides is 1. The quantitative estimate of drug-likeness (QED) is 0.676. The molecule has 0 N–H and O–H groups in total. The van der Waals surface area contributed by atoms with Gasteiger partial charge in [0, 0.05) is 19.0 Å². The number of anilines is 1. The van der Waals surface area contributed by atoms with E-state index in [1.54, 1.807) is 6.92 Å². The van der Waals surface area contributed by atoms with E-state index < -0.39 is 30.0 Å². The van der Waals surface area contributed by atoms with Crippen molar-refractivity contribution >= 4 is 29.0 Å². The highest BCUT2D eigenvalue weighted by Gasteiger charge is 2.47. The molecule has 2 aliphatic heterocycles. The molecule has 29 heavy (non-hydrogen) atoms. The van der Waals surface area contributed by atoms with Gasteiger partial charge in [-0.3, -0.25) is 9.69 Å². The number of hydrogen-bond donors (Lipinski definition) is 0. The van der Waals surface area contributed by atoms with Crippen LogP contribution in [0.25, 0.3) is 0 Å². The summed E-state index contributed by atoms with van der Waals surface area (Å²) in [6, 6.07) is 3.75. The maximum Gasteiger partial charge on any atom is 0.410 e. The first kappa shape index (κ1) is 19.7. The van der Waals surface area contributed by atoms with Crippen LogP contribution in [0.15, 0.2) is 29.4 Å². The minimum absolute atomic E-state index is 0.0427. The minimum atomic E-state index is -4.48. The number of carbonyl (C=O) groups excluding carboxylic acids is 1. The van der Waals surface area contributed by atoms with Gasteiger partial charge in [-0.25, -0.2) is 9.07 Å². The summed E-state index contributed by atoms with van der Waals surface area (Å²) in [4.78, 5) is 19.3. The Balaban J connectivity index is 1.57. The first-order valence-corrected chi connectivity index (χ1v) is 9.16. The molecular formula is C18H15ClF4N4O2. The van der Waals surface area contributed by atoms with Crippen LogP contribution in [0.4, 0.5) is 23.4 Å². The van der Waals surface area contributed by atoms with Crippen LogP contribution in [-0.2, 0) is 9.63 Å². The van der Waals surface area contributed by atoms with Crippen LogP contribution in [0.1, 0.15) is 30.1 Å². The summed E-state index contributed by atoms with van der Waals surface area (Å²) >= 11 is 6.02. The molecule has 6 nitrogen and oxygen atoms in total. The third kappa shape index (κ3) is 3.45. The molecule has 2 atom stereocenters. The fourth-order valence-corrected chi connectivity index (χ4v) is 3.82. The van der Waals surface area contributed by atoms with Gasteiger partial charge >= 0.3 is 6.18 Å². The van der Waals surface area contributed by atoms with Crippen molar-refractivity contribution in [3.8, 4) is 0 Å². The molecule has 2 aromatic rings. The fourth-order valence-electron chi connectivity index (χ4n) is 3.55. The Kier molecular flexibility index (Phi) is 4.76. The van der Waals surface area contributed by atoms with Crippen molar-refractivity contribution in [2.45, 2.75) is 38.1 Å². The van der Waals surface area contributed by atoms with E-state index in [0.29, 0.717) is 5.69 Å². The largest absolute Gasteiger partial charge is 0.410 e. The summed E-state index contributed by atoms with van der Waals surface area (Å²) in [5, 5.41) is 7.82. The summed E-state index contributed by atoms with van der Waals surface area (Å²) in [5.74, 6) is -1.13. The fraction of sp³-hybridized carbons (Fsp3) is 0.389. The third-order valence-electron chi connectivity index (χ3n) is 4.88. The van der Waals surface area contributed by atoms with E-state index in [9.17, 15) is 22.4 Å². The minimum Gasteiger partial charge on any atom is -0.382 e. The number of aryl methyl sites for hydroxylation is 1. The number of benzene rings is 1. The first-order valence-electron chi connectivity index (χ1n) is 8.78. The van der Waals surface area contributed by atoms with E-state index in [-0.39, 0.29) is 41.5 Å². The van der Waals surface area contributed by atoms with Crippen molar-refractivity contribution in [2.24, 2.45) is 5.16 Å². The number of halogens is 5. The van der Waals surface area contributed by atoms with E-state index in [1.165, 1.54) is 29.2 Å². The van der Waals surface area contributed by atoms with E-state index in [1.807, 2.05) is 0 Å². The topological polar surface area (TPSA) is 59.7 Å².